The monoisotopic (exact) mass is 782 g/mol. The highest BCUT2D eigenvalue weighted by atomic mass is 16.7. The Morgan fingerprint density at radius 2 is 0.644 bits per heavy atom. The van der Waals surface area contributed by atoms with E-state index in [1.807, 2.05) is 103 Å². The molecule has 1 saturated heterocycles. The summed E-state index contributed by atoms with van der Waals surface area (Å²) in [5.74, 6) is 0. The number of hydrogen-bond acceptors (Lipinski definition) is 6. The zero-order valence-electron chi connectivity index (χ0n) is 33.1. The molecule has 298 valence electrons. The molecule has 0 radical (unpaired) electrons. The minimum Gasteiger partial charge on any atom is -0.368 e. The normalized spacial score (nSPS) is 19.3. The van der Waals surface area contributed by atoms with Crippen LogP contribution in [0.15, 0.2) is 212 Å². The molecule has 0 amide bonds. The minimum atomic E-state index is -0.988. The second-order valence-corrected chi connectivity index (χ2v) is 14.7. The quantitative estimate of drug-likeness (QED) is 0.0808. The first-order chi connectivity index (χ1) is 29.3. The van der Waals surface area contributed by atoms with Gasteiger partial charge in [-0.15, -0.1) is 0 Å². The first-order valence-electron chi connectivity index (χ1n) is 20.3. The van der Waals surface area contributed by atoms with Crippen LogP contribution in [0.5, 0.6) is 0 Å². The Labute approximate surface area is 347 Å². The lowest BCUT2D eigenvalue weighted by Gasteiger charge is -2.47. The predicted molar refractivity (Wildman–Crippen MR) is 230 cm³/mol. The van der Waals surface area contributed by atoms with Crippen molar-refractivity contribution in [3.8, 4) is 0 Å². The van der Waals surface area contributed by atoms with Crippen LogP contribution in [0.1, 0.15) is 38.9 Å². The minimum absolute atomic E-state index is 0.139. The summed E-state index contributed by atoms with van der Waals surface area (Å²) in [5, 5.41) is 0. The van der Waals surface area contributed by atoms with Gasteiger partial charge >= 0.3 is 0 Å². The summed E-state index contributed by atoms with van der Waals surface area (Å²) in [4.78, 5) is 0. The van der Waals surface area contributed by atoms with Crippen LogP contribution in [0, 0.1) is 0 Å². The highest BCUT2D eigenvalue weighted by Gasteiger charge is 2.50. The smallest absolute Gasteiger partial charge is 0.187 e. The molecule has 0 bridgehead atoms. The number of rotatable bonds is 18. The van der Waals surface area contributed by atoms with E-state index < -0.39 is 36.3 Å². The molecule has 6 heteroatoms. The highest BCUT2D eigenvalue weighted by Crippen LogP contribution is 2.42. The molecule has 0 unspecified atom stereocenters. The Morgan fingerprint density at radius 1 is 0.339 bits per heavy atom. The van der Waals surface area contributed by atoms with Gasteiger partial charge in [0.15, 0.2) is 6.29 Å². The molecule has 8 rings (SSSR count). The van der Waals surface area contributed by atoms with E-state index in [4.69, 9.17) is 28.4 Å². The fourth-order valence-electron chi connectivity index (χ4n) is 7.74. The van der Waals surface area contributed by atoms with E-state index >= 15 is 0 Å². The maximum absolute atomic E-state index is 7.44. The lowest BCUT2D eigenvalue weighted by Crippen LogP contribution is -2.62. The third-order valence-electron chi connectivity index (χ3n) is 10.7. The van der Waals surface area contributed by atoms with Crippen molar-refractivity contribution in [1.82, 2.24) is 0 Å². The van der Waals surface area contributed by atoms with E-state index in [9.17, 15) is 0 Å². The molecule has 0 spiro atoms. The van der Waals surface area contributed by atoms with Gasteiger partial charge in [-0.2, -0.15) is 0 Å². The van der Waals surface area contributed by atoms with E-state index in [2.05, 4.69) is 109 Å². The van der Waals surface area contributed by atoms with E-state index in [0.29, 0.717) is 26.4 Å². The van der Waals surface area contributed by atoms with E-state index in [1.165, 1.54) is 0 Å². The molecule has 0 aromatic heterocycles. The summed E-state index contributed by atoms with van der Waals surface area (Å²) in [6.07, 6.45) is -3.39. The number of ether oxygens (including phenoxy) is 6. The highest BCUT2D eigenvalue weighted by molar-refractivity contribution is 5.47. The van der Waals surface area contributed by atoms with Gasteiger partial charge in [0.1, 0.15) is 30.0 Å². The van der Waals surface area contributed by atoms with Gasteiger partial charge in [0, 0.05) is 0 Å². The molecule has 7 aromatic carbocycles. The van der Waals surface area contributed by atoms with Crippen LogP contribution < -0.4 is 0 Å². The molecule has 59 heavy (non-hydrogen) atoms. The number of benzene rings is 7. The second-order valence-electron chi connectivity index (χ2n) is 14.7. The molecule has 7 aromatic rings. The standard InChI is InChI=1S/C53H50O6/c1-8-22-41(23-9-1)36-54-49-48(40-58-53(45-30-16-5-17-31-45,46-32-18-6-19-33-46)47-34-20-7-21-35-47)59-52(57-39-44-28-14-4-15-29-44)51(56-38-43-26-12-3-13-27-43)50(49)55-37-42-24-10-2-11-25-42/h1-35,48-52H,36-40H2/t48-,49+,50+,51-,52-/m1/s1. The van der Waals surface area contributed by atoms with Crippen LogP contribution in [0.3, 0.4) is 0 Å². The molecule has 1 aliphatic rings. The summed E-state index contributed by atoms with van der Waals surface area (Å²) in [7, 11) is 0. The van der Waals surface area contributed by atoms with Crippen molar-refractivity contribution in [3.05, 3.63) is 251 Å². The average molecular weight is 783 g/mol. The third kappa shape index (κ3) is 10.1. The Bertz CT molecular complexity index is 2130. The Balaban J connectivity index is 1.20. The van der Waals surface area contributed by atoms with E-state index in [1.54, 1.807) is 0 Å². The van der Waals surface area contributed by atoms with Crippen LogP contribution in [0.2, 0.25) is 0 Å². The van der Waals surface area contributed by atoms with Gasteiger partial charge in [0.05, 0.1) is 33.0 Å². The third-order valence-corrected chi connectivity index (χ3v) is 10.7. The van der Waals surface area contributed by atoms with Crippen LogP contribution >= 0.6 is 0 Å². The molecule has 5 atom stereocenters. The molecular weight excluding hydrogens is 733 g/mol. The Kier molecular flexibility index (Phi) is 13.8. The van der Waals surface area contributed by atoms with Gasteiger partial charge in [0.2, 0.25) is 0 Å². The van der Waals surface area contributed by atoms with Gasteiger partial charge in [0.25, 0.3) is 0 Å². The molecule has 0 saturated carbocycles. The topological polar surface area (TPSA) is 55.4 Å². The van der Waals surface area contributed by atoms with Crippen molar-refractivity contribution in [2.45, 2.75) is 62.7 Å². The van der Waals surface area contributed by atoms with Gasteiger partial charge < -0.3 is 28.4 Å². The lowest BCUT2D eigenvalue weighted by molar-refractivity contribution is -0.332. The van der Waals surface area contributed by atoms with Crippen LogP contribution in [-0.2, 0) is 60.4 Å². The molecule has 1 fully saturated rings. The SMILES string of the molecule is c1ccc(CO[C@@H]2O[C@H](COC(c3ccccc3)(c3ccccc3)c3ccccc3)[C@H](OCc3ccccc3)[C@H](OCc3ccccc3)[C@H]2OCc2ccccc2)cc1. The van der Waals surface area contributed by atoms with E-state index in [0.717, 1.165) is 38.9 Å². The average Bonchev–Trinajstić information content (AvgIpc) is 3.32. The maximum Gasteiger partial charge on any atom is 0.187 e. The maximum atomic E-state index is 7.44. The predicted octanol–water partition coefficient (Wildman–Crippen LogP) is 10.7. The first-order valence-corrected chi connectivity index (χ1v) is 20.3. The summed E-state index contributed by atoms with van der Waals surface area (Å²) in [6, 6.07) is 71.8. The second kappa shape index (κ2) is 20.3. The van der Waals surface area contributed by atoms with Crippen LogP contribution in [0.4, 0.5) is 0 Å². The Hall–Kier alpha value is -5.70. The zero-order valence-corrected chi connectivity index (χ0v) is 33.1. The summed E-state index contributed by atoms with van der Waals surface area (Å²) in [5.41, 5.74) is 6.11. The fourth-order valence-corrected chi connectivity index (χ4v) is 7.74. The van der Waals surface area contributed by atoms with Gasteiger partial charge in [-0.1, -0.05) is 212 Å². The molecular formula is C53H50O6. The molecule has 1 aliphatic heterocycles. The van der Waals surface area contributed by atoms with Crippen molar-refractivity contribution in [3.63, 3.8) is 0 Å². The molecule has 0 aliphatic carbocycles. The molecule has 1 heterocycles. The van der Waals surface area contributed by atoms with E-state index in [-0.39, 0.29) is 6.61 Å². The number of hydrogen-bond donors (Lipinski definition) is 0. The Morgan fingerprint density at radius 3 is 1.02 bits per heavy atom. The van der Waals surface area contributed by atoms with Crippen molar-refractivity contribution in [2.24, 2.45) is 0 Å². The van der Waals surface area contributed by atoms with Gasteiger partial charge in [-0.05, 0) is 38.9 Å². The summed E-state index contributed by atoms with van der Waals surface area (Å²) in [6.45, 7) is 1.45. The van der Waals surface area contributed by atoms with Crippen molar-refractivity contribution < 1.29 is 28.4 Å². The van der Waals surface area contributed by atoms with Crippen molar-refractivity contribution >= 4 is 0 Å². The first kappa shape index (κ1) is 40.1. The van der Waals surface area contributed by atoms with Gasteiger partial charge in [-0.3, -0.25) is 0 Å². The molecule has 0 N–H and O–H groups in total. The molecule has 6 nitrogen and oxygen atoms in total. The summed E-state index contributed by atoms with van der Waals surface area (Å²) < 4.78 is 42.2. The summed E-state index contributed by atoms with van der Waals surface area (Å²) >= 11 is 0. The van der Waals surface area contributed by atoms with Crippen molar-refractivity contribution in [2.75, 3.05) is 6.61 Å². The van der Waals surface area contributed by atoms with Crippen molar-refractivity contribution in [1.29, 1.82) is 0 Å². The largest absolute Gasteiger partial charge is 0.368 e. The van der Waals surface area contributed by atoms with Gasteiger partial charge in [-0.25, -0.2) is 0 Å². The van der Waals surface area contributed by atoms with Crippen LogP contribution in [-0.4, -0.2) is 37.3 Å². The fraction of sp³-hybridized carbons (Fsp3) is 0.208. The lowest BCUT2D eigenvalue weighted by atomic mass is 9.80. The zero-order chi connectivity index (χ0) is 40.0. The van der Waals surface area contributed by atoms with Crippen LogP contribution in [0.25, 0.3) is 0 Å².